The van der Waals surface area contributed by atoms with Crippen LogP contribution < -0.4 is 4.72 Å². The first-order valence-corrected chi connectivity index (χ1v) is 8.02. The molecule has 0 amide bonds. The van der Waals surface area contributed by atoms with Gasteiger partial charge in [-0.2, -0.15) is 0 Å². The second-order valence-corrected chi connectivity index (χ2v) is 7.14. The summed E-state index contributed by atoms with van der Waals surface area (Å²) in [6.45, 7) is 0.635. The molecule has 0 spiro atoms. The first-order chi connectivity index (χ1) is 10.1. The number of aromatic amines is 1. The lowest BCUT2D eigenvalue weighted by molar-refractivity contribution is -0.384. The summed E-state index contributed by atoms with van der Waals surface area (Å²) in [7, 11) is 0. The van der Waals surface area contributed by atoms with Crippen molar-refractivity contribution in [2.75, 3.05) is 0 Å². The van der Waals surface area contributed by atoms with E-state index in [1.807, 2.05) is 18.3 Å². The third kappa shape index (κ3) is 3.03. The van der Waals surface area contributed by atoms with Gasteiger partial charge in [0.1, 0.15) is 17.6 Å². The first kappa shape index (κ1) is 14.3. The van der Waals surface area contributed by atoms with Crippen molar-refractivity contribution in [2.24, 2.45) is 0 Å². The van der Waals surface area contributed by atoms with Crippen molar-refractivity contribution < 1.29 is 4.92 Å². The monoisotopic (exact) mass is 341 g/mol. The van der Waals surface area contributed by atoms with E-state index >= 15 is 0 Å². The number of H-pyrrole nitrogens is 1. The molecule has 0 radical (unpaired) electrons. The predicted octanol–water partition coefficient (Wildman–Crippen LogP) is 3.06. The van der Waals surface area contributed by atoms with Gasteiger partial charge < -0.3 is 4.98 Å². The number of aromatic nitrogens is 2. The van der Waals surface area contributed by atoms with Crippen molar-refractivity contribution in [1.29, 1.82) is 0 Å². The second kappa shape index (κ2) is 6.02. The Bertz CT molecular complexity index is 802. The summed E-state index contributed by atoms with van der Waals surface area (Å²) >= 11 is 7.84. The minimum atomic E-state index is -0.469. The largest absolute Gasteiger partial charge is 0.346 e. The van der Waals surface area contributed by atoms with Crippen molar-refractivity contribution in [1.82, 2.24) is 14.7 Å². The second-order valence-electron chi connectivity index (χ2n) is 4.16. The van der Waals surface area contributed by atoms with Gasteiger partial charge in [0.15, 0.2) is 4.34 Å². The lowest BCUT2D eigenvalue weighted by Crippen LogP contribution is -2.10. The maximum absolute atomic E-state index is 10.7. The van der Waals surface area contributed by atoms with Crippen molar-refractivity contribution in [3.8, 4) is 0 Å². The Kier molecular flexibility index (Phi) is 4.11. The fourth-order valence-corrected chi connectivity index (χ4v) is 4.26. The number of thiol groups is 1. The standard InChI is InChI=1S/C12H9ClN4O2S2/c13-11-9(17(18)19)4-10(20-11)21-16-6-7-5-15-12-8(7)2-1-3-14-12/h1-5,16H,6H2,(H,14,15)/p+1. The van der Waals surface area contributed by atoms with Crippen LogP contribution in [0.4, 0.5) is 5.69 Å². The number of pyridine rings is 1. The van der Waals surface area contributed by atoms with E-state index in [9.17, 15) is 10.1 Å². The van der Waals surface area contributed by atoms with E-state index in [0.717, 1.165) is 32.8 Å². The van der Waals surface area contributed by atoms with Gasteiger partial charge in [0.25, 0.3) is 0 Å². The van der Waals surface area contributed by atoms with Crippen molar-refractivity contribution in [3.63, 3.8) is 0 Å². The fourth-order valence-electron chi connectivity index (χ4n) is 1.89. The van der Waals surface area contributed by atoms with Crippen LogP contribution in [0.2, 0.25) is 4.34 Å². The highest BCUT2D eigenvalue weighted by molar-refractivity contribution is 7.79. The number of fused-ring (bicyclic) bond motifs is 1. The van der Waals surface area contributed by atoms with Crippen molar-refractivity contribution in [3.05, 3.63) is 50.6 Å². The van der Waals surface area contributed by atoms with Crippen LogP contribution in [-0.4, -0.2) is 14.9 Å². The molecule has 0 atom stereocenters. The normalized spacial score (nSPS) is 11.1. The average molecular weight is 342 g/mol. The quantitative estimate of drug-likeness (QED) is 0.323. The van der Waals surface area contributed by atoms with Gasteiger partial charge in [-0.1, -0.05) is 22.9 Å². The molecule has 0 aliphatic rings. The summed E-state index contributed by atoms with van der Waals surface area (Å²) in [5.74, 6) is 0. The molecule has 21 heavy (non-hydrogen) atoms. The molecule has 3 aromatic rings. The maximum Gasteiger partial charge on any atom is 0.304 e. The zero-order valence-electron chi connectivity index (χ0n) is 10.5. The summed E-state index contributed by atoms with van der Waals surface area (Å²) in [4.78, 5) is 17.6. The number of halogens is 1. The van der Waals surface area contributed by atoms with Crippen LogP contribution in [0, 0.1) is 10.1 Å². The molecule has 0 unspecified atom stereocenters. The Morgan fingerprint density at radius 3 is 3.19 bits per heavy atom. The smallest absolute Gasteiger partial charge is 0.304 e. The Balaban J connectivity index is 1.66. The summed E-state index contributed by atoms with van der Waals surface area (Å²) < 4.78 is 4.25. The molecule has 0 aromatic carbocycles. The number of hydrogen-bond donors (Lipinski definition) is 2. The first-order valence-electron chi connectivity index (χ1n) is 5.93. The van der Waals surface area contributed by atoms with Gasteiger partial charge in [0.2, 0.25) is 4.21 Å². The van der Waals surface area contributed by atoms with Gasteiger partial charge >= 0.3 is 5.69 Å². The van der Waals surface area contributed by atoms with Crippen molar-refractivity contribution in [2.45, 2.75) is 10.8 Å². The molecular weight excluding hydrogens is 332 g/mol. The molecule has 6 nitrogen and oxygen atoms in total. The van der Waals surface area contributed by atoms with Gasteiger partial charge in [0.05, 0.1) is 17.5 Å². The van der Waals surface area contributed by atoms with E-state index in [2.05, 4.69) is 14.7 Å². The molecule has 9 heteroatoms. The van der Waals surface area contributed by atoms with Gasteiger partial charge in [0, 0.05) is 17.8 Å². The third-order valence-corrected chi connectivity index (χ3v) is 5.20. The van der Waals surface area contributed by atoms with Crippen LogP contribution in [0.1, 0.15) is 5.56 Å². The summed E-state index contributed by atoms with van der Waals surface area (Å²) in [5, 5.41) is 11.8. The van der Waals surface area contributed by atoms with Gasteiger partial charge in [-0.15, -0.1) is 4.72 Å². The molecule has 3 heterocycles. The Morgan fingerprint density at radius 2 is 2.43 bits per heavy atom. The summed E-state index contributed by atoms with van der Waals surface area (Å²) in [6, 6.07) is 5.39. The minimum Gasteiger partial charge on any atom is -0.346 e. The molecule has 3 aromatic heterocycles. The zero-order valence-corrected chi connectivity index (χ0v) is 13.0. The molecule has 2 N–H and O–H groups in total. The molecule has 3 rings (SSSR count). The minimum absolute atomic E-state index is 0.0396. The Hall–Kier alpha value is -1.61. The van der Waals surface area contributed by atoms with Crippen LogP contribution in [0.15, 0.2) is 34.8 Å². The number of thiophene rings is 1. The molecule has 108 valence electrons. The maximum atomic E-state index is 10.7. The van der Waals surface area contributed by atoms with E-state index in [1.165, 1.54) is 17.4 Å². The SMILES string of the molecule is O=[N+]([O-])c1cc([SH+]NCc2c[nH]c3ncccc23)sc1Cl. The van der Waals surface area contributed by atoms with E-state index in [-0.39, 0.29) is 10.0 Å². The number of nitrogens with one attached hydrogen (secondary N) is 2. The average Bonchev–Trinajstić information content (AvgIpc) is 3.03. The number of rotatable bonds is 5. The highest BCUT2D eigenvalue weighted by Gasteiger charge is 2.21. The third-order valence-electron chi connectivity index (χ3n) is 2.85. The number of nitro groups is 1. The zero-order chi connectivity index (χ0) is 14.8. The summed E-state index contributed by atoms with van der Waals surface area (Å²) in [5.41, 5.74) is 1.91. The Morgan fingerprint density at radius 1 is 1.57 bits per heavy atom. The van der Waals surface area contributed by atoms with Crippen LogP contribution in [-0.2, 0) is 18.5 Å². The molecule has 0 fully saturated rings. The molecule has 0 aliphatic carbocycles. The van der Waals surface area contributed by atoms with E-state index < -0.39 is 4.92 Å². The van der Waals surface area contributed by atoms with Crippen LogP contribution >= 0.6 is 22.9 Å². The lowest BCUT2D eigenvalue weighted by Gasteiger charge is -1.94. The lowest BCUT2D eigenvalue weighted by atomic mass is 10.2. The van der Waals surface area contributed by atoms with E-state index in [0.29, 0.717) is 6.54 Å². The van der Waals surface area contributed by atoms with Gasteiger partial charge in [-0.05, 0) is 17.7 Å². The topological polar surface area (TPSA) is 83.9 Å². The van der Waals surface area contributed by atoms with E-state index in [4.69, 9.17) is 11.6 Å². The molecular formula is C12H10ClN4O2S2+. The number of nitrogens with zero attached hydrogens (tertiary/aromatic N) is 2. The Labute approximate surface area is 132 Å². The van der Waals surface area contributed by atoms with Crippen LogP contribution in [0.5, 0.6) is 0 Å². The highest BCUT2D eigenvalue weighted by atomic mass is 35.5. The molecule has 0 bridgehead atoms. The number of hydrogen-bond acceptors (Lipinski definition) is 5. The summed E-state index contributed by atoms with van der Waals surface area (Å²) in [6.07, 6.45) is 3.64. The molecule has 0 saturated carbocycles. The molecule has 0 saturated heterocycles. The molecule has 0 aliphatic heterocycles. The van der Waals surface area contributed by atoms with Crippen LogP contribution in [0.25, 0.3) is 11.0 Å². The van der Waals surface area contributed by atoms with Gasteiger partial charge in [-0.25, -0.2) is 4.98 Å². The van der Waals surface area contributed by atoms with Crippen LogP contribution in [0.3, 0.4) is 0 Å². The van der Waals surface area contributed by atoms with Crippen molar-refractivity contribution >= 4 is 51.6 Å². The fraction of sp³-hybridized carbons (Fsp3) is 0.0833. The predicted molar refractivity (Wildman–Crippen MR) is 85.9 cm³/mol. The van der Waals surface area contributed by atoms with Gasteiger partial charge in [-0.3, -0.25) is 10.1 Å². The highest BCUT2D eigenvalue weighted by Crippen LogP contribution is 2.34. The van der Waals surface area contributed by atoms with E-state index in [1.54, 1.807) is 6.20 Å².